The minimum Gasteiger partial charge on any atom is -0.468 e. The lowest BCUT2D eigenvalue weighted by Gasteiger charge is -2.09. The molecule has 3 N–H and O–H groups in total. The molecule has 0 aliphatic heterocycles. The van der Waals surface area contributed by atoms with Crippen molar-refractivity contribution in [1.29, 1.82) is 0 Å². The Kier molecular flexibility index (Phi) is 6.21. The van der Waals surface area contributed by atoms with E-state index in [0.29, 0.717) is 5.56 Å². The van der Waals surface area contributed by atoms with Crippen LogP contribution < -0.4 is 15.8 Å². The number of aliphatic imine (C=N–C) groups is 1. The van der Waals surface area contributed by atoms with Gasteiger partial charge in [-0.2, -0.15) is 13.2 Å². The summed E-state index contributed by atoms with van der Waals surface area (Å²) in [4.78, 5) is 8.00. The monoisotopic (exact) mass is 352 g/mol. The van der Waals surface area contributed by atoms with Crippen molar-refractivity contribution in [3.63, 3.8) is 0 Å². The van der Waals surface area contributed by atoms with Crippen LogP contribution in [0, 0.1) is 0 Å². The molecule has 0 spiro atoms. The van der Waals surface area contributed by atoms with Gasteiger partial charge in [0.25, 0.3) is 0 Å². The van der Waals surface area contributed by atoms with Crippen molar-refractivity contribution in [1.82, 2.24) is 4.98 Å². The van der Waals surface area contributed by atoms with E-state index in [4.69, 9.17) is 5.73 Å². The van der Waals surface area contributed by atoms with Crippen molar-refractivity contribution < 1.29 is 17.9 Å². The third-order valence-corrected chi connectivity index (χ3v) is 3.22. The average Bonchev–Trinajstić information content (AvgIpc) is 2.58. The summed E-state index contributed by atoms with van der Waals surface area (Å²) in [6.45, 7) is 0.940. The minimum absolute atomic E-state index is 0.0902. The van der Waals surface area contributed by atoms with Crippen LogP contribution in [0.25, 0.3) is 0 Å². The Morgan fingerprint density at radius 2 is 2.04 bits per heavy atom. The van der Waals surface area contributed by atoms with Crippen molar-refractivity contribution >= 4 is 11.6 Å². The Morgan fingerprint density at radius 3 is 2.68 bits per heavy atom. The van der Waals surface area contributed by atoms with Crippen LogP contribution in [0.4, 0.5) is 18.9 Å². The fourth-order valence-electron chi connectivity index (χ4n) is 1.98. The van der Waals surface area contributed by atoms with Crippen LogP contribution in [0.15, 0.2) is 47.6 Å². The Bertz CT molecular complexity index is 715. The summed E-state index contributed by atoms with van der Waals surface area (Å²) in [6, 6.07) is 10.8. The number of halogens is 3. The zero-order valence-electron chi connectivity index (χ0n) is 13.7. The van der Waals surface area contributed by atoms with Crippen molar-refractivity contribution in [3.8, 4) is 5.88 Å². The van der Waals surface area contributed by atoms with Crippen LogP contribution in [0.2, 0.25) is 0 Å². The molecule has 0 saturated carbocycles. The van der Waals surface area contributed by atoms with E-state index in [9.17, 15) is 13.2 Å². The van der Waals surface area contributed by atoms with E-state index in [1.807, 2.05) is 24.3 Å². The maximum absolute atomic E-state index is 12.1. The van der Waals surface area contributed by atoms with Crippen LogP contribution in [0.5, 0.6) is 5.88 Å². The predicted octanol–water partition coefficient (Wildman–Crippen LogP) is 3.51. The van der Waals surface area contributed by atoms with Crippen molar-refractivity contribution in [2.45, 2.75) is 26.1 Å². The van der Waals surface area contributed by atoms with Gasteiger partial charge in [-0.3, -0.25) is 0 Å². The summed E-state index contributed by atoms with van der Waals surface area (Å²) >= 11 is 0. The van der Waals surface area contributed by atoms with Crippen LogP contribution >= 0.6 is 0 Å². The molecule has 25 heavy (non-hydrogen) atoms. The SMILES string of the molecule is CCc1cccc(NC(N)=NCc2ccc(OCC(F)(F)F)nc2)c1. The third-order valence-electron chi connectivity index (χ3n) is 3.22. The highest BCUT2D eigenvalue weighted by molar-refractivity contribution is 5.92. The number of benzene rings is 1. The number of aromatic nitrogens is 1. The number of nitrogens with one attached hydrogen (secondary N) is 1. The van der Waals surface area contributed by atoms with Gasteiger partial charge in [0.15, 0.2) is 12.6 Å². The van der Waals surface area contributed by atoms with Crippen molar-refractivity contribution in [2.75, 3.05) is 11.9 Å². The van der Waals surface area contributed by atoms with Gasteiger partial charge in [-0.25, -0.2) is 9.98 Å². The van der Waals surface area contributed by atoms with Gasteiger partial charge in [0.1, 0.15) is 0 Å². The molecule has 1 aromatic heterocycles. The van der Waals surface area contributed by atoms with Crippen LogP contribution in [0.1, 0.15) is 18.1 Å². The number of alkyl halides is 3. The van der Waals surface area contributed by atoms with Crippen molar-refractivity contribution in [2.24, 2.45) is 10.7 Å². The second-order valence-electron chi connectivity index (χ2n) is 5.29. The molecular weight excluding hydrogens is 333 g/mol. The number of nitrogens with two attached hydrogens (primary N) is 1. The molecule has 1 heterocycles. The number of hydrogen-bond acceptors (Lipinski definition) is 3. The van der Waals surface area contributed by atoms with Crippen molar-refractivity contribution in [3.05, 3.63) is 53.7 Å². The molecule has 0 amide bonds. The van der Waals surface area contributed by atoms with E-state index in [2.05, 4.69) is 27.0 Å². The summed E-state index contributed by atoms with van der Waals surface area (Å²) < 4.78 is 40.7. The highest BCUT2D eigenvalue weighted by atomic mass is 19.4. The fraction of sp³-hybridized carbons (Fsp3) is 0.294. The van der Waals surface area contributed by atoms with Gasteiger partial charge in [0.2, 0.25) is 5.88 Å². The summed E-state index contributed by atoms with van der Waals surface area (Å²) in [5, 5.41) is 2.99. The summed E-state index contributed by atoms with van der Waals surface area (Å²) in [7, 11) is 0. The van der Waals surface area contributed by atoms with E-state index in [-0.39, 0.29) is 18.4 Å². The van der Waals surface area contributed by atoms with Gasteiger partial charge in [0.05, 0.1) is 6.54 Å². The molecule has 5 nitrogen and oxygen atoms in total. The largest absolute Gasteiger partial charge is 0.468 e. The van der Waals surface area contributed by atoms with E-state index < -0.39 is 12.8 Å². The lowest BCUT2D eigenvalue weighted by atomic mass is 10.1. The van der Waals surface area contributed by atoms with E-state index in [0.717, 1.165) is 12.1 Å². The van der Waals surface area contributed by atoms with Crippen LogP contribution in [-0.2, 0) is 13.0 Å². The first kappa shape index (κ1) is 18.6. The number of ether oxygens (including phenoxy) is 1. The molecule has 0 aliphatic rings. The molecule has 1 aromatic carbocycles. The van der Waals surface area contributed by atoms with E-state index in [1.54, 1.807) is 6.07 Å². The zero-order chi connectivity index (χ0) is 18.3. The highest BCUT2D eigenvalue weighted by Crippen LogP contribution is 2.17. The Hall–Kier alpha value is -2.77. The maximum atomic E-state index is 12.1. The number of anilines is 1. The molecule has 0 saturated heterocycles. The number of rotatable bonds is 6. The Morgan fingerprint density at radius 1 is 1.24 bits per heavy atom. The Balaban J connectivity index is 1.89. The van der Waals surface area contributed by atoms with Crippen LogP contribution in [0.3, 0.4) is 0 Å². The fourth-order valence-corrected chi connectivity index (χ4v) is 1.98. The smallest absolute Gasteiger partial charge is 0.422 e. The average molecular weight is 352 g/mol. The summed E-state index contributed by atoms with van der Waals surface area (Å²) in [5.74, 6) is 0.151. The number of guanidine groups is 1. The number of nitrogens with zero attached hydrogens (tertiary/aromatic N) is 2. The molecule has 0 aliphatic carbocycles. The van der Waals surface area contributed by atoms with Gasteiger partial charge >= 0.3 is 6.18 Å². The minimum atomic E-state index is -4.39. The van der Waals surface area contributed by atoms with Crippen LogP contribution in [-0.4, -0.2) is 23.7 Å². The number of pyridine rings is 1. The predicted molar refractivity (Wildman–Crippen MR) is 90.6 cm³/mol. The molecule has 0 radical (unpaired) electrons. The lowest BCUT2D eigenvalue weighted by Crippen LogP contribution is -2.22. The lowest BCUT2D eigenvalue weighted by molar-refractivity contribution is -0.154. The third kappa shape index (κ3) is 6.70. The maximum Gasteiger partial charge on any atom is 0.422 e. The molecule has 2 aromatic rings. The first-order valence-corrected chi connectivity index (χ1v) is 7.66. The summed E-state index contributed by atoms with van der Waals surface area (Å²) in [5.41, 5.74) is 8.56. The normalized spacial score (nSPS) is 12.1. The van der Waals surface area contributed by atoms with E-state index >= 15 is 0 Å². The Labute approximate surface area is 143 Å². The molecule has 0 fully saturated rings. The van der Waals surface area contributed by atoms with Gasteiger partial charge in [-0.1, -0.05) is 25.1 Å². The molecule has 134 valence electrons. The standard InChI is InChI=1S/C17H19F3N4O/c1-2-12-4-3-5-14(8-12)24-16(21)23-10-13-6-7-15(22-9-13)25-11-17(18,19)20/h3-9H,2,10-11H2,1H3,(H3,21,23,24). The highest BCUT2D eigenvalue weighted by Gasteiger charge is 2.28. The van der Waals surface area contributed by atoms with E-state index in [1.165, 1.54) is 17.8 Å². The molecule has 0 atom stereocenters. The first-order chi connectivity index (χ1) is 11.9. The molecule has 0 unspecified atom stereocenters. The summed E-state index contributed by atoms with van der Waals surface area (Å²) in [6.07, 6.45) is -2.07. The second kappa shape index (κ2) is 8.36. The number of aryl methyl sites for hydroxylation is 1. The van der Waals surface area contributed by atoms with Gasteiger partial charge in [-0.05, 0) is 29.7 Å². The zero-order valence-corrected chi connectivity index (χ0v) is 13.7. The van der Waals surface area contributed by atoms with Gasteiger partial charge in [-0.15, -0.1) is 0 Å². The quantitative estimate of drug-likeness (QED) is 0.616. The van der Waals surface area contributed by atoms with Gasteiger partial charge in [0, 0.05) is 18.0 Å². The topological polar surface area (TPSA) is 72.5 Å². The molecule has 0 bridgehead atoms. The molecule has 2 rings (SSSR count). The number of hydrogen-bond donors (Lipinski definition) is 2. The second-order valence-corrected chi connectivity index (χ2v) is 5.29. The molecule has 8 heteroatoms. The molecular formula is C17H19F3N4O. The van der Waals surface area contributed by atoms with Gasteiger partial charge < -0.3 is 15.8 Å². The first-order valence-electron chi connectivity index (χ1n) is 7.66.